The summed E-state index contributed by atoms with van der Waals surface area (Å²) in [7, 11) is 0. The highest BCUT2D eigenvalue weighted by atomic mass is 16.2. The summed E-state index contributed by atoms with van der Waals surface area (Å²) in [5, 5.41) is 0. The molecule has 0 radical (unpaired) electrons. The number of aromatic nitrogens is 3. The number of aryl methyl sites for hydroxylation is 1. The third-order valence-corrected chi connectivity index (χ3v) is 5.49. The zero-order chi connectivity index (χ0) is 19.0. The maximum atomic E-state index is 12.9. The van der Waals surface area contributed by atoms with Gasteiger partial charge in [0, 0.05) is 38.4 Å². The van der Waals surface area contributed by atoms with Gasteiger partial charge < -0.3 is 9.30 Å². The third-order valence-electron chi connectivity index (χ3n) is 5.49. The van der Waals surface area contributed by atoms with Crippen LogP contribution in [0.4, 0.5) is 0 Å². The Morgan fingerprint density at radius 2 is 1.89 bits per heavy atom. The molecule has 27 heavy (non-hydrogen) atoms. The van der Waals surface area contributed by atoms with Crippen LogP contribution in [0.5, 0.6) is 0 Å². The number of likely N-dealkylation sites (tertiary alicyclic amines) is 1. The number of piperidine rings is 1. The third kappa shape index (κ3) is 3.36. The molecule has 1 aliphatic heterocycles. The fraction of sp³-hybridized carbons (Fsp3) is 0.476. The van der Waals surface area contributed by atoms with Crippen LogP contribution in [0.2, 0.25) is 0 Å². The van der Waals surface area contributed by atoms with Crippen molar-refractivity contribution in [3.05, 3.63) is 47.0 Å². The summed E-state index contributed by atoms with van der Waals surface area (Å²) in [6.07, 6.45) is 5.88. The molecule has 1 saturated heterocycles. The topological polar surface area (TPSA) is 59.6 Å². The predicted molar refractivity (Wildman–Crippen MR) is 106 cm³/mol. The van der Waals surface area contributed by atoms with Crippen LogP contribution < -0.4 is 5.56 Å². The molecular formula is C21H26N4O2. The molecule has 142 valence electrons. The van der Waals surface area contributed by atoms with E-state index in [2.05, 4.69) is 18.8 Å². The zero-order valence-corrected chi connectivity index (χ0v) is 16.0. The Hall–Kier alpha value is -2.63. The number of hydrogen-bond acceptors (Lipinski definition) is 3. The highest BCUT2D eigenvalue weighted by Gasteiger charge is 2.25. The Balaban J connectivity index is 1.53. The fourth-order valence-electron chi connectivity index (χ4n) is 4.40. The minimum atomic E-state index is -0.0566. The smallest absolute Gasteiger partial charge is 0.276 e. The molecule has 1 amide bonds. The van der Waals surface area contributed by atoms with Gasteiger partial charge in [-0.15, -0.1) is 0 Å². The van der Waals surface area contributed by atoms with Crippen LogP contribution in [0.25, 0.3) is 16.7 Å². The first-order valence-corrected chi connectivity index (χ1v) is 9.77. The van der Waals surface area contributed by atoms with Gasteiger partial charge in [0.2, 0.25) is 5.91 Å². The summed E-state index contributed by atoms with van der Waals surface area (Å²) in [5.41, 5.74) is 2.15. The molecule has 3 aromatic heterocycles. The maximum Gasteiger partial charge on any atom is 0.276 e. The Morgan fingerprint density at radius 3 is 2.67 bits per heavy atom. The lowest BCUT2D eigenvalue weighted by molar-refractivity contribution is -0.134. The van der Waals surface area contributed by atoms with Gasteiger partial charge in [-0.3, -0.25) is 14.2 Å². The lowest BCUT2D eigenvalue weighted by Gasteiger charge is -2.35. The average Bonchev–Trinajstić information content (AvgIpc) is 3.14. The quantitative estimate of drug-likeness (QED) is 0.713. The molecule has 4 heterocycles. The van der Waals surface area contributed by atoms with Crippen molar-refractivity contribution < 1.29 is 4.79 Å². The zero-order valence-electron chi connectivity index (χ0n) is 16.0. The SMILES string of the molecule is C[C@@H]1C[C@@H](C)CN(C(=O)CCCn2c(=O)c3cccn3c3cccnc32)C1. The molecule has 0 unspecified atom stereocenters. The van der Waals surface area contributed by atoms with E-state index in [4.69, 9.17) is 0 Å². The molecule has 0 saturated carbocycles. The first kappa shape index (κ1) is 17.8. The Kier molecular flexibility index (Phi) is 4.72. The van der Waals surface area contributed by atoms with E-state index in [0.29, 0.717) is 42.4 Å². The van der Waals surface area contributed by atoms with Gasteiger partial charge in [0.15, 0.2) is 5.65 Å². The van der Waals surface area contributed by atoms with E-state index < -0.39 is 0 Å². The van der Waals surface area contributed by atoms with Crippen LogP contribution in [-0.4, -0.2) is 37.8 Å². The molecule has 0 aliphatic carbocycles. The maximum absolute atomic E-state index is 12.9. The molecule has 0 bridgehead atoms. The summed E-state index contributed by atoms with van der Waals surface area (Å²) in [6, 6.07) is 7.54. The molecule has 6 nitrogen and oxygen atoms in total. The van der Waals surface area contributed by atoms with Gasteiger partial charge in [-0.05, 0) is 48.9 Å². The van der Waals surface area contributed by atoms with Crippen molar-refractivity contribution >= 4 is 22.6 Å². The molecule has 2 atom stereocenters. The van der Waals surface area contributed by atoms with Crippen LogP contribution >= 0.6 is 0 Å². The first-order chi connectivity index (χ1) is 13.0. The van der Waals surface area contributed by atoms with E-state index in [1.54, 1.807) is 10.8 Å². The Labute approximate surface area is 158 Å². The number of hydrogen-bond donors (Lipinski definition) is 0. The van der Waals surface area contributed by atoms with E-state index in [1.807, 2.05) is 39.8 Å². The molecule has 1 fully saturated rings. The molecule has 1 aliphatic rings. The molecule has 0 spiro atoms. The van der Waals surface area contributed by atoms with Crippen molar-refractivity contribution in [3.63, 3.8) is 0 Å². The molecule has 4 rings (SSSR count). The van der Waals surface area contributed by atoms with Gasteiger partial charge in [-0.1, -0.05) is 13.8 Å². The average molecular weight is 366 g/mol. The first-order valence-electron chi connectivity index (χ1n) is 9.77. The summed E-state index contributed by atoms with van der Waals surface area (Å²) in [4.78, 5) is 31.9. The fourth-order valence-corrected chi connectivity index (χ4v) is 4.40. The standard InChI is InChI=1S/C21H26N4O2/c1-15-12-16(2)14-23(13-15)19(26)8-5-11-25-20-17(6-3-9-22-20)24-10-4-7-18(24)21(25)27/h3-4,6-7,9-10,15-16H,5,8,11-14H2,1-2H3/t15-,16-/m1/s1. The molecule has 0 aromatic carbocycles. The summed E-state index contributed by atoms with van der Waals surface area (Å²) in [5.74, 6) is 1.32. The van der Waals surface area contributed by atoms with Crippen LogP contribution in [0.1, 0.15) is 33.1 Å². The minimum absolute atomic E-state index is 0.0566. The van der Waals surface area contributed by atoms with Crippen molar-refractivity contribution in [1.82, 2.24) is 18.9 Å². The van der Waals surface area contributed by atoms with E-state index in [1.165, 1.54) is 6.42 Å². The number of pyridine rings is 1. The Morgan fingerprint density at radius 1 is 1.15 bits per heavy atom. The van der Waals surface area contributed by atoms with Gasteiger partial charge in [0.25, 0.3) is 5.56 Å². The molecular weight excluding hydrogens is 340 g/mol. The van der Waals surface area contributed by atoms with Crippen molar-refractivity contribution in [2.24, 2.45) is 11.8 Å². The van der Waals surface area contributed by atoms with Gasteiger partial charge in [-0.25, -0.2) is 4.98 Å². The lowest BCUT2D eigenvalue weighted by atomic mass is 9.91. The largest absolute Gasteiger partial charge is 0.342 e. The number of nitrogens with zero attached hydrogens (tertiary/aromatic N) is 4. The minimum Gasteiger partial charge on any atom is -0.342 e. The van der Waals surface area contributed by atoms with E-state index >= 15 is 0 Å². The van der Waals surface area contributed by atoms with Crippen LogP contribution in [0, 0.1) is 11.8 Å². The van der Waals surface area contributed by atoms with E-state index in [9.17, 15) is 9.59 Å². The van der Waals surface area contributed by atoms with E-state index in [0.717, 1.165) is 18.6 Å². The second-order valence-electron chi connectivity index (χ2n) is 7.91. The Bertz CT molecular complexity index is 1030. The van der Waals surface area contributed by atoms with Gasteiger partial charge in [0.1, 0.15) is 5.52 Å². The van der Waals surface area contributed by atoms with E-state index in [-0.39, 0.29) is 11.5 Å². The predicted octanol–water partition coefficient (Wildman–Crippen LogP) is 2.93. The normalized spacial score (nSPS) is 20.4. The monoisotopic (exact) mass is 366 g/mol. The van der Waals surface area contributed by atoms with Gasteiger partial charge in [0.05, 0.1) is 5.52 Å². The second-order valence-corrected chi connectivity index (χ2v) is 7.91. The van der Waals surface area contributed by atoms with Crippen LogP contribution in [0.15, 0.2) is 41.5 Å². The lowest BCUT2D eigenvalue weighted by Crippen LogP contribution is -2.42. The van der Waals surface area contributed by atoms with Gasteiger partial charge >= 0.3 is 0 Å². The molecule has 0 N–H and O–H groups in total. The number of rotatable bonds is 4. The number of carbonyl (C=O) groups is 1. The van der Waals surface area contributed by atoms with Crippen molar-refractivity contribution in [2.45, 2.75) is 39.7 Å². The van der Waals surface area contributed by atoms with Crippen molar-refractivity contribution in [2.75, 3.05) is 13.1 Å². The number of amides is 1. The van der Waals surface area contributed by atoms with Crippen molar-refractivity contribution in [3.8, 4) is 0 Å². The highest BCUT2D eigenvalue weighted by molar-refractivity contribution is 5.77. The van der Waals surface area contributed by atoms with Crippen LogP contribution in [-0.2, 0) is 11.3 Å². The highest BCUT2D eigenvalue weighted by Crippen LogP contribution is 2.22. The summed E-state index contributed by atoms with van der Waals surface area (Å²) < 4.78 is 3.59. The molecule has 3 aromatic rings. The summed E-state index contributed by atoms with van der Waals surface area (Å²) >= 11 is 0. The number of carbonyl (C=O) groups excluding carboxylic acids is 1. The second kappa shape index (κ2) is 7.18. The summed E-state index contributed by atoms with van der Waals surface area (Å²) in [6.45, 7) is 6.62. The van der Waals surface area contributed by atoms with Crippen LogP contribution in [0.3, 0.4) is 0 Å². The van der Waals surface area contributed by atoms with Gasteiger partial charge in [-0.2, -0.15) is 0 Å². The number of fused-ring (bicyclic) bond motifs is 3. The van der Waals surface area contributed by atoms with Crippen molar-refractivity contribution in [1.29, 1.82) is 0 Å². The molecule has 6 heteroatoms.